The van der Waals surface area contributed by atoms with E-state index in [9.17, 15) is 4.79 Å². The Morgan fingerprint density at radius 3 is 2.54 bits per heavy atom. The zero-order chi connectivity index (χ0) is 17.6. The standard InChI is InChI=1S/C18H26N4O2/c1-18(2,3)17-21-16(24-22-17)6-4-5-15(23)20-12-11-13-7-9-14(19)10-8-13/h7-10H,4-6,11-12,19H2,1-3H3,(H,20,23). The molecule has 6 heteroatoms. The predicted octanol–water partition coefficient (Wildman–Crippen LogP) is 2.63. The summed E-state index contributed by atoms with van der Waals surface area (Å²) in [7, 11) is 0. The van der Waals surface area contributed by atoms with Gasteiger partial charge in [0.1, 0.15) is 0 Å². The van der Waals surface area contributed by atoms with Gasteiger partial charge in [-0.3, -0.25) is 4.79 Å². The van der Waals surface area contributed by atoms with Crippen LogP contribution < -0.4 is 11.1 Å². The summed E-state index contributed by atoms with van der Waals surface area (Å²) >= 11 is 0. The first kappa shape index (κ1) is 18.0. The molecule has 2 rings (SSSR count). The molecule has 0 aliphatic rings. The monoisotopic (exact) mass is 330 g/mol. The molecule has 0 aliphatic heterocycles. The van der Waals surface area contributed by atoms with E-state index < -0.39 is 0 Å². The highest BCUT2D eigenvalue weighted by atomic mass is 16.5. The lowest BCUT2D eigenvalue weighted by molar-refractivity contribution is -0.121. The Morgan fingerprint density at radius 2 is 1.92 bits per heavy atom. The Hall–Kier alpha value is -2.37. The molecule has 0 unspecified atom stereocenters. The summed E-state index contributed by atoms with van der Waals surface area (Å²) in [5, 5.41) is 6.90. The third-order valence-electron chi connectivity index (χ3n) is 3.65. The molecule has 1 heterocycles. The highest BCUT2D eigenvalue weighted by molar-refractivity contribution is 5.75. The Balaban J connectivity index is 1.64. The summed E-state index contributed by atoms with van der Waals surface area (Å²) < 4.78 is 5.22. The van der Waals surface area contributed by atoms with E-state index in [1.165, 1.54) is 0 Å². The molecule has 0 radical (unpaired) electrons. The van der Waals surface area contributed by atoms with Crippen LogP contribution in [0, 0.1) is 0 Å². The van der Waals surface area contributed by atoms with Crippen LogP contribution in [0.3, 0.4) is 0 Å². The lowest BCUT2D eigenvalue weighted by atomic mass is 9.96. The average Bonchev–Trinajstić information content (AvgIpc) is 2.98. The largest absolute Gasteiger partial charge is 0.399 e. The van der Waals surface area contributed by atoms with Gasteiger partial charge in [0.05, 0.1) is 0 Å². The number of nitrogens with one attached hydrogen (secondary N) is 1. The van der Waals surface area contributed by atoms with Crippen molar-refractivity contribution in [2.24, 2.45) is 0 Å². The van der Waals surface area contributed by atoms with E-state index in [0.717, 1.165) is 17.7 Å². The van der Waals surface area contributed by atoms with Crippen molar-refractivity contribution in [2.45, 2.75) is 51.9 Å². The smallest absolute Gasteiger partial charge is 0.226 e. The number of nitrogen functional groups attached to an aromatic ring is 1. The van der Waals surface area contributed by atoms with Gasteiger partial charge >= 0.3 is 0 Å². The molecule has 6 nitrogen and oxygen atoms in total. The molecule has 2 aromatic rings. The highest BCUT2D eigenvalue weighted by Gasteiger charge is 2.20. The van der Waals surface area contributed by atoms with E-state index in [2.05, 4.69) is 15.5 Å². The predicted molar refractivity (Wildman–Crippen MR) is 93.5 cm³/mol. The second-order valence-corrected chi connectivity index (χ2v) is 6.96. The van der Waals surface area contributed by atoms with E-state index in [4.69, 9.17) is 10.3 Å². The number of benzene rings is 1. The molecule has 0 bridgehead atoms. The van der Waals surface area contributed by atoms with E-state index in [0.29, 0.717) is 37.5 Å². The van der Waals surface area contributed by atoms with Gasteiger partial charge in [0.2, 0.25) is 11.8 Å². The van der Waals surface area contributed by atoms with Gasteiger partial charge in [0.25, 0.3) is 0 Å². The molecule has 0 spiro atoms. The van der Waals surface area contributed by atoms with Crippen LogP contribution in [0.15, 0.2) is 28.8 Å². The van der Waals surface area contributed by atoms with Crippen LogP contribution in [-0.4, -0.2) is 22.6 Å². The Morgan fingerprint density at radius 1 is 1.21 bits per heavy atom. The number of aromatic nitrogens is 2. The van der Waals surface area contributed by atoms with Crippen LogP contribution in [0.5, 0.6) is 0 Å². The second kappa shape index (κ2) is 7.95. The first-order valence-corrected chi connectivity index (χ1v) is 8.29. The number of nitrogens with zero attached hydrogens (tertiary/aromatic N) is 2. The highest BCUT2D eigenvalue weighted by Crippen LogP contribution is 2.18. The lowest BCUT2D eigenvalue weighted by Crippen LogP contribution is -2.25. The van der Waals surface area contributed by atoms with Gasteiger partial charge in [-0.2, -0.15) is 4.98 Å². The minimum absolute atomic E-state index is 0.0426. The van der Waals surface area contributed by atoms with Crippen molar-refractivity contribution in [1.82, 2.24) is 15.5 Å². The number of carbonyl (C=O) groups is 1. The third kappa shape index (κ3) is 5.68. The fourth-order valence-electron chi connectivity index (χ4n) is 2.18. The van der Waals surface area contributed by atoms with Gasteiger partial charge in [-0.15, -0.1) is 0 Å². The number of anilines is 1. The Kier molecular flexibility index (Phi) is 5.95. The zero-order valence-electron chi connectivity index (χ0n) is 14.6. The van der Waals surface area contributed by atoms with Crippen LogP contribution in [0.25, 0.3) is 0 Å². The molecule has 0 saturated carbocycles. The summed E-state index contributed by atoms with van der Waals surface area (Å²) in [6, 6.07) is 7.69. The molecule has 0 fully saturated rings. The number of nitrogens with two attached hydrogens (primary N) is 1. The van der Waals surface area contributed by atoms with Gasteiger partial charge in [-0.1, -0.05) is 38.1 Å². The zero-order valence-corrected chi connectivity index (χ0v) is 14.6. The maximum absolute atomic E-state index is 11.8. The maximum atomic E-state index is 11.8. The molecule has 0 saturated heterocycles. The number of aryl methyl sites for hydroxylation is 1. The topological polar surface area (TPSA) is 94.0 Å². The summed E-state index contributed by atoms with van der Waals surface area (Å²) in [6.07, 6.45) is 2.56. The Bertz CT molecular complexity index is 656. The molecule has 1 amide bonds. The molecule has 3 N–H and O–H groups in total. The van der Waals surface area contributed by atoms with Crippen LogP contribution in [0.4, 0.5) is 5.69 Å². The molecule has 24 heavy (non-hydrogen) atoms. The molecular formula is C18H26N4O2. The van der Waals surface area contributed by atoms with Gasteiger partial charge in [-0.25, -0.2) is 0 Å². The van der Waals surface area contributed by atoms with Crippen LogP contribution >= 0.6 is 0 Å². The summed E-state index contributed by atoms with van der Waals surface area (Å²) in [5.74, 6) is 1.33. The Labute approximate surface area is 142 Å². The quantitative estimate of drug-likeness (QED) is 0.761. The van der Waals surface area contributed by atoms with Crippen LogP contribution in [-0.2, 0) is 23.1 Å². The summed E-state index contributed by atoms with van der Waals surface area (Å²) in [4.78, 5) is 16.2. The van der Waals surface area contributed by atoms with Crippen LogP contribution in [0.2, 0.25) is 0 Å². The summed E-state index contributed by atoms with van der Waals surface area (Å²) in [6.45, 7) is 6.74. The third-order valence-corrected chi connectivity index (χ3v) is 3.65. The van der Waals surface area contributed by atoms with E-state index in [1.54, 1.807) is 0 Å². The number of hydrogen-bond donors (Lipinski definition) is 2. The normalized spacial score (nSPS) is 11.5. The first-order chi connectivity index (χ1) is 11.3. The minimum atomic E-state index is -0.124. The van der Waals surface area contributed by atoms with Crippen molar-refractivity contribution in [3.63, 3.8) is 0 Å². The number of rotatable bonds is 7. The van der Waals surface area contributed by atoms with Crippen molar-refractivity contribution < 1.29 is 9.32 Å². The van der Waals surface area contributed by atoms with E-state index in [1.807, 2.05) is 45.0 Å². The fourth-order valence-corrected chi connectivity index (χ4v) is 2.18. The molecule has 1 aromatic heterocycles. The van der Waals surface area contributed by atoms with E-state index in [-0.39, 0.29) is 11.3 Å². The van der Waals surface area contributed by atoms with Gasteiger partial charge in [0, 0.05) is 30.5 Å². The summed E-state index contributed by atoms with van der Waals surface area (Å²) in [5.41, 5.74) is 7.43. The molecule has 0 atom stereocenters. The van der Waals surface area contributed by atoms with Crippen molar-refractivity contribution in [2.75, 3.05) is 12.3 Å². The van der Waals surface area contributed by atoms with Gasteiger partial charge in [-0.05, 0) is 30.5 Å². The van der Waals surface area contributed by atoms with E-state index >= 15 is 0 Å². The average molecular weight is 330 g/mol. The first-order valence-electron chi connectivity index (χ1n) is 8.29. The van der Waals surface area contributed by atoms with Crippen LogP contribution in [0.1, 0.15) is 50.9 Å². The molecular weight excluding hydrogens is 304 g/mol. The SMILES string of the molecule is CC(C)(C)c1noc(CCCC(=O)NCCc2ccc(N)cc2)n1. The lowest BCUT2D eigenvalue weighted by Gasteiger charge is -2.10. The number of amides is 1. The van der Waals surface area contributed by atoms with Crippen molar-refractivity contribution in [1.29, 1.82) is 0 Å². The number of hydrogen-bond acceptors (Lipinski definition) is 5. The maximum Gasteiger partial charge on any atom is 0.226 e. The van der Waals surface area contributed by atoms with Gasteiger partial charge in [0.15, 0.2) is 5.82 Å². The molecule has 130 valence electrons. The molecule has 0 aliphatic carbocycles. The van der Waals surface area contributed by atoms with Gasteiger partial charge < -0.3 is 15.6 Å². The van der Waals surface area contributed by atoms with Crippen molar-refractivity contribution in [3.05, 3.63) is 41.5 Å². The van der Waals surface area contributed by atoms with Crippen molar-refractivity contribution in [3.8, 4) is 0 Å². The fraction of sp³-hybridized carbons (Fsp3) is 0.500. The minimum Gasteiger partial charge on any atom is -0.399 e. The number of carbonyl (C=O) groups excluding carboxylic acids is 1. The van der Waals surface area contributed by atoms with Crippen molar-refractivity contribution >= 4 is 11.6 Å². The second-order valence-electron chi connectivity index (χ2n) is 6.96. The molecule has 1 aromatic carbocycles.